The van der Waals surface area contributed by atoms with Crippen LogP contribution in [0.25, 0.3) is 0 Å². The Morgan fingerprint density at radius 1 is 0.636 bits per heavy atom. The van der Waals surface area contributed by atoms with Crippen molar-refractivity contribution in [2.45, 2.75) is 13.1 Å². The molecule has 1 heterocycles. The van der Waals surface area contributed by atoms with Crippen molar-refractivity contribution in [1.29, 1.82) is 0 Å². The van der Waals surface area contributed by atoms with Crippen LogP contribution in [0.4, 0.5) is 0 Å². The molecule has 0 aromatic heterocycles. The van der Waals surface area contributed by atoms with Crippen LogP contribution in [0.2, 0.25) is 13.1 Å². The maximum absolute atomic E-state index is 6.23. The van der Waals surface area contributed by atoms with Gasteiger partial charge in [-0.15, -0.1) is 0 Å². The van der Waals surface area contributed by atoms with Gasteiger partial charge in [0.25, 0.3) is 0 Å². The molecule has 3 rings (SSSR count). The number of benzene rings is 2. The van der Waals surface area contributed by atoms with Crippen LogP contribution in [0, 0.1) is 0 Å². The summed E-state index contributed by atoms with van der Waals surface area (Å²) in [7, 11) is -4.09. The van der Waals surface area contributed by atoms with Gasteiger partial charge < -0.3 is 8.85 Å². The third-order valence-corrected chi connectivity index (χ3v) is 10.8. The fourth-order valence-electron chi connectivity index (χ4n) is 2.82. The average molecular weight is 327 g/mol. The van der Waals surface area contributed by atoms with Crippen molar-refractivity contribution in [2.24, 2.45) is 0 Å². The molecule has 1 aliphatic heterocycles. The molecule has 1 aliphatic rings. The van der Waals surface area contributed by atoms with Crippen LogP contribution in [0.3, 0.4) is 0 Å². The minimum Gasteiger partial charge on any atom is -0.406 e. The lowest BCUT2D eigenvalue weighted by Crippen LogP contribution is -2.53. The van der Waals surface area contributed by atoms with Crippen LogP contribution < -0.4 is 10.4 Å². The van der Waals surface area contributed by atoms with Gasteiger partial charge in [-0.3, -0.25) is 0 Å². The van der Waals surface area contributed by atoms with Crippen molar-refractivity contribution in [2.75, 3.05) is 13.2 Å². The van der Waals surface area contributed by atoms with E-state index >= 15 is 0 Å². The lowest BCUT2D eigenvalue weighted by Gasteiger charge is -2.32. The zero-order chi connectivity index (χ0) is 15.5. The van der Waals surface area contributed by atoms with Crippen molar-refractivity contribution in [1.82, 2.24) is 0 Å². The van der Waals surface area contributed by atoms with Gasteiger partial charge >= 0.3 is 0 Å². The predicted molar refractivity (Wildman–Crippen MR) is 96.4 cm³/mol. The lowest BCUT2D eigenvalue weighted by molar-refractivity contribution is 0.212. The van der Waals surface area contributed by atoms with Crippen molar-refractivity contribution in [3.8, 4) is 0 Å². The number of hydrogen-bond acceptors (Lipinski definition) is 2. The summed E-state index contributed by atoms with van der Waals surface area (Å²) in [4.78, 5) is 0. The highest BCUT2D eigenvalue weighted by atomic mass is 28.4. The second-order valence-corrected chi connectivity index (χ2v) is 12.8. The minimum atomic E-state index is -2.04. The summed E-state index contributed by atoms with van der Waals surface area (Å²) in [6, 6.07) is 21.2. The molecule has 2 atom stereocenters. The van der Waals surface area contributed by atoms with E-state index in [0.29, 0.717) is 13.2 Å². The standard InChI is InChI=1S/C18H22O2Si2/c1-21(17-9-5-3-6-10-17)15-16-22(2,20-14-13-19-21)18-11-7-4-8-12-18/h3-12,15-16H,13-14H2,1-2H3. The maximum Gasteiger partial charge on any atom is 0.245 e. The molecule has 2 unspecified atom stereocenters. The molecule has 0 amide bonds. The number of hydrogen-bond donors (Lipinski definition) is 0. The molecule has 2 aromatic rings. The van der Waals surface area contributed by atoms with Gasteiger partial charge in [-0.05, 0) is 23.5 Å². The van der Waals surface area contributed by atoms with Crippen molar-refractivity contribution < 1.29 is 8.85 Å². The van der Waals surface area contributed by atoms with E-state index in [2.05, 4.69) is 85.2 Å². The summed E-state index contributed by atoms with van der Waals surface area (Å²) in [5.41, 5.74) is 4.64. The molecule has 2 aromatic carbocycles. The first kappa shape index (κ1) is 15.4. The molecule has 114 valence electrons. The molecule has 0 fully saturated rings. The SMILES string of the molecule is C[Si]1(c2ccccc2)C=C[Si](C)(c2ccccc2)OCCO1. The molecule has 0 saturated carbocycles. The van der Waals surface area contributed by atoms with Gasteiger partial charge in [-0.1, -0.05) is 72.1 Å². The Kier molecular flexibility index (Phi) is 4.45. The van der Waals surface area contributed by atoms with Crippen molar-refractivity contribution in [3.05, 3.63) is 72.1 Å². The van der Waals surface area contributed by atoms with Crippen LogP contribution in [-0.4, -0.2) is 29.8 Å². The van der Waals surface area contributed by atoms with Gasteiger partial charge in [0.1, 0.15) is 0 Å². The molecule has 2 nitrogen and oxygen atoms in total. The van der Waals surface area contributed by atoms with E-state index in [-0.39, 0.29) is 0 Å². The zero-order valence-electron chi connectivity index (χ0n) is 13.2. The normalized spacial score (nSPS) is 28.8. The second kappa shape index (κ2) is 6.34. The fraction of sp³-hybridized carbons (Fsp3) is 0.222. The monoisotopic (exact) mass is 326 g/mol. The molecule has 0 radical (unpaired) electrons. The smallest absolute Gasteiger partial charge is 0.245 e. The Hall–Kier alpha value is -1.47. The third-order valence-electron chi connectivity index (χ3n) is 4.30. The first-order chi connectivity index (χ1) is 10.6. The molecule has 0 N–H and O–H groups in total. The van der Waals surface area contributed by atoms with Gasteiger partial charge in [0.15, 0.2) is 0 Å². The van der Waals surface area contributed by atoms with Crippen molar-refractivity contribution >= 4 is 27.0 Å². The Morgan fingerprint density at radius 3 is 1.36 bits per heavy atom. The molecular formula is C18H22O2Si2. The number of rotatable bonds is 2. The summed E-state index contributed by atoms with van der Waals surface area (Å²) >= 11 is 0. The van der Waals surface area contributed by atoms with E-state index in [1.165, 1.54) is 10.4 Å². The van der Waals surface area contributed by atoms with E-state index in [1.54, 1.807) is 0 Å². The third kappa shape index (κ3) is 3.15. The Labute approximate surface area is 134 Å². The predicted octanol–water partition coefficient (Wildman–Crippen LogP) is 2.63. The van der Waals surface area contributed by atoms with E-state index in [9.17, 15) is 0 Å². The topological polar surface area (TPSA) is 18.5 Å². The average Bonchev–Trinajstić information content (AvgIpc) is 2.57. The van der Waals surface area contributed by atoms with Gasteiger partial charge in [0.05, 0.1) is 13.2 Å². The quantitative estimate of drug-likeness (QED) is 0.790. The minimum absolute atomic E-state index is 0.664. The van der Waals surface area contributed by atoms with Crippen LogP contribution in [0.5, 0.6) is 0 Å². The molecule has 0 aliphatic carbocycles. The van der Waals surface area contributed by atoms with Crippen LogP contribution in [-0.2, 0) is 8.85 Å². The summed E-state index contributed by atoms with van der Waals surface area (Å²) in [6.07, 6.45) is 0. The molecular weight excluding hydrogens is 304 g/mol. The highest BCUT2D eigenvalue weighted by Crippen LogP contribution is 2.16. The van der Waals surface area contributed by atoms with Crippen LogP contribution >= 0.6 is 0 Å². The van der Waals surface area contributed by atoms with E-state index < -0.39 is 16.6 Å². The summed E-state index contributed by atoms with van der Waals surface area (Å²) in [6.45, 7) is 5.86. The van der Waals surface area contributed by atoms with Gasteiger partial charge in [-0.2, -0.15) is 0 Å². The molecule has 0 saturated heterocycles. The molecule has 0 bridgehead atoms. The Balaban J connectivity index is 1.97. The second-order valence-electron chi connectivity index (χ2n) is 5.98. The Morgan fingerprint density at radius 2 is 1.00 bits per heavy atom. The van der Waals surface area contributed by atoms with Crippen LogP contribution in [0.1, 0.15) is 0 Å². The molecule has 22 heavy (non-hydrogen) atoms. The first-order valence-electron chi connectivity index (χ1n) is 7.72. The van der Waals surface area contributed by atoms with Crippen LogP contribution in [0.15, 0.2) is 72.1 Å². The zero-order valence-corrected chi connectivity index (χ0v) is 15.2. The van der Waals surface area contributed by atoms with E-state index in [1.807, 2.05) is 0 Å². The van der Waals surface area contributed by atoms with Crippen molar-refractivity contribution in [3.63, 3.8) is 0 Å². The molecule has 4 heteroatoms. The highest BCUT2D eigenvalue weighted by Gasteiger charge is 2.35. The van der Waals surface area contributed by atoms with Gasteiger partial charge in [0.2, 0.25) is 16.6 Å². The maximum atomic E-state index is 6.23. The molecule has 0 spiro atoms. The van der Waals surface area contributed by atoms with Gasteiger partial charge in [-0.25, -0.2) is 0 Å². The summed E-state index contributed by atoms with van der Waals surface area (Å²) < 4.78 is 12.5. The highest BCUT2D eigenvalue weighted by molar-refractivity contribution is 6.94. The fourth-order valence-corrected chi connectivity index (χ4v) is 9.00. The van der Waals surface area contributed by atoms with E-state index in [4.69, 9.17) is 8.85 Å². The Bertz CT molecular complexity index is 587. The van der Waals surface area contributed by atoms with Gasteiger partial charge in [0, 0.05) is 0 Å². The first-order valence-corrected chi connectivity index (χ1v) is 12.7. The summed E-state index contributed by atoms with van der Waals surface area (Å²) in [5.74, 6) is 0. The summed E-state index contributed by atoms with van der Waals surface area (Å²) in [5, 5.41) is 2.63. The van der Waals surface area contributed by atoms with E-state index in [0.717, 1.165) is 0 Å². The largest absolute Gasteiger partial charge is 0.406 e. The lowest BCUT2D eigenvalue weighted by atomic mass is 10.4.